The normalized spacial score (nSPS) is 10.0. The molecule has 1 amide bonds. The highest BCUT2D eigenvalue weighted by atomic mass is 16.5. The molecule has 24 heavy (non-hydrogen) atoms. The molecule has 0 saturated carbocycles. The smallest absolute Gasteiger partial charge is 0.259 e. The van der Waals surface area contributed by atoms with E-state index < -0.39 is 0 Å². The highest BCUT2D eigenvalue weighted by molar-refractivity contribution is 6.07. The van der Waals surface area contributed by atoms with Crippen LogP contribution >= 0.6 is 0 Å². The average Bonchev–Trinajstić information content (AvgIpc) is 2.61. The molecule has 0 saturated heterocycles. The zero-order chi connectivity index (χ0) is 17.5. The Bertz CT molecular complexity index is 697. The second kappa shape index (κ2) is 8.10. The van der Waals surface area contributed by atoms with Gasteiger partial charge in [0.05, 0.1) is 33.5 Å². The van der Waals surface area contributed by atoms with Gasteiger partial charge >= 0.3 is 0 Å². The van der Waals surface area contributed by atoms with Crippen molar-refractivity contribution in [1.29, 1.82) is 0 Å². The van der Waals surface area contributed by atoms with Crippen LogP contribution in [-0.4, -0.2) is 33.8 Å². The Hall–Kier alpha value is -2.89. The van der Waals surface area contributed by atoms with E-state index in [4.69, 9.17) is 18.9 Å². The summed E-state index contributed by atoms with van der Waals surface area (Å²) in [5, 5.41) is 2.82. The van der Waals surface area contributed by atoms with E-state index in [2.05, 4.69) is 5.32 Å². The van der Waals surface area contributed by atoms with Crippen LogP contribution in [0.5, 0.6) is 23.0 Å². The Morgan fingerprint density at radius 1 is 0.917 bits per heavy atom. The third-order valence-corrected chi connectivity index (χ3v) is 3.37. The molecule has 0 heterocycles. The Balaban J connectivity index is 2.26. The number of carbonyl (C=O) groups excluding carboxylic acids is 1. The van der Waals surface area contributed by atoms with Crippen LogP contribution in [0.15, 0.2) is 36.4 Å². The fraction of sp³-hybridized carbons (Fsp3) is 0.278. The van der Waals surface area contributed by atoms with E-state index in [0.717, 1.165) is 5.75 Å². The maximum Gasteiger partial charge on any atom is 0.259 e. The van der Waals surface area contributed by atoms with Gasteiger partial charge in [-0.25, -0.2) is 0 Å². The molecule has 0 aliphatic carbocycles. The summed E-state index contributed by atoms with van der Waals surface area (Å²) in [6.45, 7) is 2.51. The molecule has 2 aromatic carbocycles. The summed E-state index contributed by atoms with van der Waals surface area (Å²) in [5.41, 5.74) is 1.00. The fourth-order valence-electron chi connectivity index (χ4n) is 2.28. The van der Waals surface area contributed by atoms with Crippen molar-refractivity contribution in [3.8, 4) is 23.0 Å². The molecule has 6 nitrogen and oxygen atoms in total. The first kappa shape index (κ1) is 17.5. The first-order valence-electron chi connectivity index (χ1n) is 7.47. The predicted molar refractivity (Wildman–Crippen MR) is 91.7 cm³/mol. The number of amides is 1. The van der Waals surface area contributed by atoms with E-state index in [0.29, 0.717) is 35.1 Å². The standard InChI is InChI=1S/C18H21NO5/c1-5-24-13-8-6-12(7-9-13)19-18(20)14-10-11-15(21-2)17(23-4)16(14)22-3/h6-11H,5H2,1-4H3,(H,19,20). The minimum Gasteiger partial charge on any atom is -0.494 e. The minimum absolute atomic E-state index is 0.308. The van der Waals surface area contributed by atoms with Crippen LogP contribution in [0.1, 0.15) is 17.3 Å². The summed E-state index contributed by atoms with van der Waals surface area (Å²) >= 11 is 0. The van der Waals surface area contributed by atoms with Gasteiger partial charge in [-0.15, -0.1) is 0 Å². The summed E-state index contributed by atoms with van der Waals surface area (Å²) in [6, 6.07) is 10.4. The van der Waals surface area contributed by atoms with Crippen LogP contribution < -0.4 is 24.3 Å². The van der Waals surface area contributed by atoms with E-state index >= 15 is 0 Å². The first-order valence-corrected chi connectivity index (χ1v) is 7.47. The molecule has 0 aliphatic rings. The van der Waals surface area contributed by atoms with Gasteiger partial charge in [0.25, 0.3) is 5.91 Å². The fourth-order valence-corrected chi connectivity index (χ4v) is 2.28. The maximum atomic E-state index is 12.6. The van der Waals surface area contributed by atoms with Gasteiger partial charge in [-0.2, -0.15) is 0 Å². The molecule has 0 unspecified atom stereocenters. The van der Waals surface area contributed by atoms with E-state index in [-0.39, 0.29) is 5.91 Å². The van der Waals surface area contributed by atoms with Crippen LogP contribution in [0, 0.1) is 0 Å². The Morgan fingerprint density at radius 3 is 2.12 bits per heavy atom. The van der Waals surface area contributed by atoms with Gasteiger partial charge in [0.2, 0.25) is 5.75 Å². The largest absolute Gasteiger partial charge is 0.494 e. The van der Waals surface area contributed by atoms with Crippen LogP contribution in [-0.2, 0) is 0 Å². The Labute approximate surface area is 141 Å². The van der Waals surface area contributed by atoms with Crippen molar-refractivity contribution in [2.45, 2.75) is 6.92 Å². The van der Waals surface area contributed by atoms with E-state index in [9.17, 15) is 4.79 Å². The summed E-state index contributed by atoms with van der Waals surface area (Å²) in [4.78, 5) is 12.6. The maximum absolute atomic E-state index is 12.6. The number of methoxy groups -OCH3 is 3. The zero-order valence-corrected chi connectivity index (χ0v) is 14.2. The second-order valence-electron chi connectivity index (χ2n) is 4.79. The van der Waals surface area contributed by atoms with Gasteiger partial charge in [0, 0.05) is 5.69 Å². The summed E-state index contributed by atoms with van der Waals surface area (Å²) in [7, 11) is 4.50. The third-order valence-electron chi connectivity index (χ3n) is 3.37. The quantitative estimate of drug-likeness (QED) is 0.843. The number of anilines is 1. The summed E-state index contributed by atoms with van der Waals surface area (Å²) in [6.07, 6.45) is 0. The lowest BCUT2D eigenvalue weighted by atomic mass is 10.1. The Kier molecular flexibility index (Phi) is 5.89. The molecule has 128 valence electrons. The predicted octanol–water partition coefficient (Wildman–Crippen LogP) is 3.36. The molecule has 1 N–H and O–H groups in total. The first-order chi connectivity index (χ1) is 11.6. The van der Waals surface area contributed by atoms with E-state index in [1.54, 1.807) is 36.4 Å². The molecule has 0 aromatic heterocycles. The number of rotatable bonds is 7. The average molecular weight is 331 g/mol. The molecule has 0 radical (unpaired) electrons. The molecule has 6 heteroatoms. The highest BCUT2D eigenvalue weighted by Gasteiger charge is 2.20. The molecule has 2 rings (SSSR count). The van der Waals surface area contributed by atoms with Gasteiger partial charge in [-0.05, 0) is 43.3 Å². The number of nitrogens with one attached hydrogen (secondary N) is 1. The van der Waals surface area contributed by atoms with Gasteiger partial charge in [0.1, 0.15) is 5.75 Å². The van der Waals surface area contributed by atoms with E-state index in [1.165, 1.54) is 21.3 Å². The van der Waals surface area contributed by atoms with Crippen molar-refractivity contribution in [1.82, 2.24) is 0 Å². The van der Waals surface area contributed by atoms with E-state index in [1.807, 2.05) is 6.92 Å². The van der Waals surface area contributed by atoms with Gasteiger partial charge in [-0.1, -0.05) is 0 Å². The second-order valence-corrected chi connectivity index (χ2v) is 4.79. The summed E-state index contributed by atoms with van der Waals surface area (Å²) in [5.74, 6) is 1.63. The lowest BCUT2D eigenvalue weighted by Gasteiger charge is -2.15. The van der Waals surface area contributed by atoms with Crippen LogP contribution in [0.2, 0.25) is 0 Å². The lowest BCUT2D eigenvalue weighted by Crippen LogP contribution is -2.14. The highest BCUT2D eigenvalue weighted by Crippen LogP contribution is 2.39. The van der Waals surface area contributed by atoms with Crippen molar-refractivity contribution >= 4 is 11.6 Å². The van der Waals surface area contributed by atoms with Crippen molar-refractivity contribution in [2.75, 3.05) is 33.3 Å². The molecular formula is C18H21NO5. The minimum atomic E-state index is -0.308. The van der Waals surface area contributed by atoms with Crippen LogP contribution in [0.4, 0.5) is 5.69 Å². The number of hydrogen-bond donors (Lipinski definition) is 1. The molecule has 2 aromatic rings. The number of ether oxygens (including phenoxy) is 4. The molecule has 0 bridgehead atoms. The molecule has 0 atom stereocenters. The van der Waals surface area contributed by atoms with Crippen LogP contribution in [0.25, 0.3) is 0 Å². The molecular weight excluding hydrogens is 310 g/mol. The van der Waals surface area contributed by atoms with Crippen LogP contribution in [0.3, 0.4) is 0 Å². The van der Waals surface area contributed by atoms with Gasteiger partial charge in [-0.3, -0.25) is 4.79 Å². The SMILES string of the molecule is CCOc1ccc(NC(=O)c2ccc(OC)c(OC)c2OC)cc1. The number of benzene rings is 2. The van der Waals surface area contributed by atoms with Gasteiger partial charge in [0.15, 0.2) is 11.5 Å². The van der Waals surface area contributed by atoms with Crippen molar-refractivity contribution < 1.29 is 23.7 Å². The number of hydrogen-bond acceptors (Lipinski definition) is 5. The van der Waals surface area contributed by atoms with Crippen molar-refractivity contribution in [3.63, 3.8) is 0 Å². The van der Waals surface area contributed by atoms with Crippen molar-refractivity contribution in [3.05, 3.63) is 42.0 Å². The number of carbonyl (C=O) groups is 1. The van der Waals surface area contributed by atoms with Gasteiger partial charge < -0.3 is 24.3 Å². The van der Waals surface area contributed by atoms with Crippen molar-refractivity contribution in [2.24, 2.45) is 0 Å². The third kappa shape index (κ3) is 3.71. The monoisotopic (exact) mass is 331 g/mol. The Morgan fingerprint density at radius 2 is 1.58 bits per heavy atom. The summed E-state index contributed by atoms with van der Waals surface area (Å²) < 4.78 is 21.2. The lowest BCUT2D eigenvalue weighted by molar-refractivity contribution is 0.102. The zero-order valence-electron chi connectivity index (χ0n) is 14.2. The topological polar surface area (TPSA) is 66.0 Å². The molecule has 0 spiro atoms. The molecule has 0 aliphatic heterocycles. The molecule has 0 fully saturated rings.